The number of para-hydroxylation sites is 1. The number of fused-ring (bicyclic) bond motifs is 3. The molecule has 1 amide bonds. The van der Waals surface area contributed by atoms with E-state index >= 15 is 0 Å². The summed E-state index contributed by atoms with van der Waals surface area (Å²) in [5.41, 5.74) is 6.06. The molecule has 0 bridgehead atoms. The SMILES string of the molecule is COc1cc2c(cc1OC)CN(CCc1ccc(NC(=O)c3ccc4c(=O)c5cccc(OC)c5[nH]c4c3)cc1)CC2. The number of aromatic amines is 1. The highest BCUT2D eigenvalue weighted by Gasteiger charge is 2.19. The molecular weight excluding hydrogens is 530 g/mol. The number of H-pyrrole nitrogens is 1. The summed E-state index contributed by atoms with van der Waals surface area (Å²) < 4.78 is 16.4. The van der Waals surface area contributed by atoms with Gasteiger partial charge in [-0.3, -0.25) is 14.5 Å². The van der Waals surface area contributed by atoms with Gasteiger partial charge in [-0.25, -0.2) is 0 Å². The van der Waals surface area contributed by atoms with Crippen molar-refractivity contribution in [2.45, 2.75) is 19.4 Å². The first-order chi connectivity index (χ1) is 20.5. The maximum atomic E-state index is 13.1. The van der Waals surface area contributed by atoms with Crippen LogP contribution >= 0.6 is 0 Å². The molecule has 6 rings (SSSR count). The number of ether oxygens (including phenoxy) is 3. The first-order valence-corrected chi connectivity index (χ1v) is 14.0. The molecule has 2 heterocycles. The van der Waals surface area contributed by atoms with Gasteiger partial charge in [-0.15, -0.1) is 0 Å². The summed E-state index contributed by atoms with van der Waals surface area (Å²) >= 11 is 0. The molecule has 0 aliphatic carbocycles. The Morgan fingerprint density at radius 3 is 2.33 bits per heavy atom. The summed E-state index contributed by atoms with van der Waals surface area (Å²) in [5, 5.41) is 4.04. The molecule has 1 aromatic heterocycles. The summed E-state index contributed by atoms with van der Waals surface area (Å²) in [4.78, 5) is 31.8. The van der Waals surface area contributed by atoms with Crippen molar-refractivity contribution in [3.05, 3.63) is 105 Å². The number of carbonyl (C=O) groups excluding carboxylic acids is 1. The van der Waals surface area contributed by atoms with Crippen molar-refractivity contribution in [3.63, 3.8) is 0 Å². The van der Waals surface area contributed by atoms with Crippen LogP contribution in [0.2, 0.25) is 0 Å². The van der Waals surface area contributed by atoms with Crippen LogP contribution in [0.4, 0.5) is 5.69 Å². The predicted octanol–water partition coefficient (Wildman–Crippen LogP) is 5.56. The lowest BCUT2D eigenvalue weighted by molar-refractivity contribution is 0.102. The zero-order chi connectivity index (χ0) is 29.2. The Morgan fingerprint density at radius 2 is 1.60 bits per heavy atom. The van der Waals surface area contributed by atoms with Gasteiger partial charge in [-0.2, -0.15) is 0 Å². The van der Waals surface area contributed by atoms with Crippen molar-refractivity contribution in [1.29, 1.82) is 0 Å². The van der Waals surface area contributed by atoms with Gasteiger partial charge in [-0.05, 0) is 84.1 Å². The molecule has 0 atom stereocenters. The lowest BCUT2D eigenvalue weighted by Gasteiger charge is -2.29. The number of hydrogen-bond acceptors (Lipinski definition) is 6. The Bertz CT molecular complexity index is 1850. The van der Waals surface area contributed by atoms with E-state index < -0.39 is 0 Å². The number of amides is 1. The first-order valence-electron chi connectivity index (χ1n) is 14.0. The summed E-state index contributed by atoms with van der Waals surface area (Å²) in [6, 6.07) is 22.6. The van der Waals surface area contributed by atoms with Crippen LogP contribution in [0.3, 0.4) is 0 Å². The van der Waals surface area contributed by atoms with E-state index in [4.69, 9.17) is 14.2 Å². The highest BCUT2D eigenvalue weighted by molar-refractivity contribution is 6.07. The van der Waals surface area contributed by atoms with Crippen molar-refractivity contribution in [3.8, 4) is 17.2 Å². The number of benzene rings is 4. The van der Waals surface area contributed by atoms with Crippen molar-refractivity contribution < 1.29 is 19.0 Å². The van der Waals surface area contributed by atoms with Crippen LogP contribution in [-0.4, -0.2) is 50.2 Å². The van der Waals surface area contributed by atoms with Gasteiger partial charge in [0.15, 0.2) is 16.9 Å². The number of pyridine rings is 1. The smallest absolute Gasteiger partial charge is 0.255 e. The number of methoxy groups -OCH3 is 3. The molecule has 5 aromatic rings. The van der Waals surface area contributed by atoms with Gasteiger partial charge >= 0.3 is 0 Å². The molecule has 8 heteroatoms. The lowest BCUT2D eigenvalue weighted by Crippen LogP contribution is -2.32. The fourth-order valence-electron chi connectivity index (χ4n) is 5.66. The topological polar surface area (TPSA) is 92.9 Å². The van der Waals surface area contributed by atoms with Gasteiger partial charge in [0.1, 0.15) is 5.75 Å². The number of nitrogens with zero attached hydrogens (tertiary/aromatic N) is 1. The van der Waals surface area contributed by atoms with Crippen molar-refractivity contribution in [2.24, 2.45) is 0 Å². The van der Waals surface area contributed by atoms with E-state index in [1.807, 2.05) is 12.1 Å². The normalized spacial score (nSPS) is 13.1. The number of anilines is 1. The van der Waals surface area contributed by atoms with Crippen molar-refractivity contribution >= 4 is 33.4 Å². The molecule has 8 nitrogen and oxygen atoms in total. The van der Waals surface area contributed by atoms with Gasteiger partial charge in [0.2, 0.25) is 0 Å². The predicted molar refractivity (Wildman–Crippen MR) is 165 cm³/mol. The number of hydrogen-bond donors (Lipinski definition) is 2. The third kappa shape index (κ3) is 5.29. The molecule has 4 aromatic carbocycles. The summed E-state index contributed by atoms with van der Waals surface area (Å²) in [6.07, 6.45) is 1.89. The second kappa shape index (κ2) is 11.6. The summed E-state index contributed by atoms with van der Waals surface area (Å²) in [7, 11) is 4.90. The van der Waals surface area contributed by atoms with E-state index in [0.29, 0.717) is 38.8 Å². The number of carbonyl (C=O) groups is 1. The minimum Gasteiger partial charge on any atom is -0.495 e. The molecule has 42 heavy (non-hydrogen) atoms. The molecule has 0 spiro atoms. The highest BCUT2D eigenvalue weighted by atomic mass is 16.5. The van der Waals surface area contributed by atoms with Gasteiger partial charge in [0, 0.05) is 41.7 Å². The average molecular weight is 564 g/mol. The Hall–Kier alpha value is -4.82. The number of nitrogens with one attached hydrogen (secondary N) is 2. The highest BCUT2D eigenvalue weighted by Crippen LogP contribution is 2.33. The van der Waals surface area contributed by atoms with Crippen LogP contribution in [0.1, 0.15) is 27.0 Å². The Kier molecular flexibility index (Phi) is 7.54. The summed E-state index contributed by atoms with van der Waals surface area (Å²) in [5.74, 6) is 1.88. The zero-order valence-corrected chi connectivity index (χ0v) is 24.0. The average Bonchev–Trinajstić information content (AvgIpc) is 3.03. The zero-order valence-electron chi connectivity index (χ0n) is 24.0. The van der Waals surface area contributed by atoms with E-state index in [1.165, 1.54) is 16.7 Å². The van der Waals surface area contributed by atoms with Crippen molar-refractivity contribution in [2.75, 3.05) is 39.7 Å². The quantitative estimate of drug-likeness (QED) is 0.240. The molecule has 0 saturated carbocycles. The monoisotopic (exact) mass is 563 g/mol. The van der Waals surface area contributed by atoms with Crippen LogP contribution < -0.4 is 25.0 Å². The van der Waals surface area contributed by atoms with Gasteiger partial charge < -0.3 is 24.5 Å². The minimum atomic E-state index is -0.246. The van der Waals surface area contributed by atoms with Crippen LogP contribution in [0.5, 0.6) is 17.2 Å². The third-order valence-corrected chi connectivity index (χ3v) is 8.00. The molecule has 0 unspecified atom stereocenters. The molecule has 0 radical (unpaired) electrons. The lowest BCUT2D eigenvalue weighted by atomic mass is 9.98. The Labute approximate surface area is 243 Å². The Morgan fingerprint density at radius 1 is 0.857 bits per heavy atom. The maximum Gasteiger partial charge on any atom is 0.255 e. The van der Waals surface area contributed by atoms with Crippen molar-refractivity contribution in [1.82, 2.24) is 9.88 Å². The standard InChI is InChI=1S/C34H33N3O5/c1-40-29-6-4-5-27-32(29)36-28-17-23(9-12-26(28)33(27)38)34(39)35-25-10-7-21(8-11-25)13-15-37-16-14-22-18-30(41-2)31(42-3)19-24(22)20-37/h4-12,17-19H,13-16,20H2,1-3H3,(H,35,39)(H,36,38). The molecular formula is C34H33N3O5. The molecule has 2 N–H and O–H groups in total. The van der Waals surface area contributed by atoms with E-state index in [1.54, 1.807) is 57.7 Å². The van der Waals surface area contributed by atoms with E-state index in [-0.39, 0.29) is 11.3 Å². The largest absolute Gasteiger partial charge is 0.495 e. The van der Waals surface area contributed by atoms with Crippen LogP contribution in [0.25, 0.3) is 21.8 Å². The molecule has 0 fully saturated rings. The van der Waals surface area contributed by atoms with Crippen LogP contribution in [-0.2, 0) is 19.4 Å². The fourth-order valence-corrected chi connectivity index (χ4v) is 5.66. The van der Waals surface area contributed by atoms with Crippen LogP contribution in [0, 0.1) is 0 Å². The third-order valence-electron chi connectivity index (χ3n) is 8.00. The number of rotatable bonds is 8. The summed E-state index contributed by atoms with van der Waals surface area (Å²) in [6.45, 7) is 2.81. The molecule has 1 aliphatic heterocycles. The van der Waals surface area contributed by atoms with E-state index in [2.05, 4.69) is 39.5 Å². The van der Waals surface area contributed by atoms with E-state index in [9.17, 15) is 9.59 Å². The fraction of sp³-hybridized carbons (Fsp3) is 0.235. The molecule has 214 valence electrons. The second-order valence-corrected chi connectivity index (χ2v) is 10.5. The van der Waals surface area contributed by atoms with Gasteiger partial charge in [-0.1, -0.05) is 18.2 Å². The molecule has 0 saturated heterocycles. The maximum absolute atomic E-state index is 13.1. The van der Waals surface area contributed by atoms with E-state index in [0.717, 1.165) is 44.0 Å². The first kappa shape index (κ1) is 27.4. The van der Waals surface area contributed by atoms with Crippen LogP contribution in [0.15, 0.2) is 77.6 Å². The van der Waals surface area contributed by atoms with Gasteiger partial charge in [0.05, 0.1) is 32.4 Å². The Balaban J connectivity index is 1.10. The minimum absolute atomic E-state index is 0.103. The second-order valence-electron chi connectivity index (χ2n) is 10.5. The van der Waals surface area contributed by atoms with Gasteiger partial charge in [0.25, 0.3) is 5.91 Å². The number of aromatic nitrogens is 1. The molecule has 1 aliphatic rings.